The highest BCUT2D eigenvalue weighted by Gasteiger charge is 2.32. The Kier molecular flexibility index (Phi) is 8.50. The fraction of sp³-hybridized carbons (Fsp3) is 0.381. The molecule has 0 heterocycles. The maximum absolute atomic E-state index is 13.7. The van der Waals surface area contributed by atoms with Crippen LogP contribution in [-0.2, 0) is 6.18 Å². The molecule has 1 aromatic carbocycles. The maximum Gasteiger partial charge on any atom is 0.416 e. The topological polar surface area (TPSA) is 67.2 Å². The van der Waals surface area contributed by atoms with Crippen LogP contribution in [0.1, 0.15) is 41.6 Å². The lowest BCUT2D eigenvalue weighted by Gasteiger charge is -2.29. The van der Waals surface area contributed by atoms with Gasteiger partial charge in [-0.15, -0.1) is 0 Å². The lowest BCUT2D eigenvalue weighted by molar-refractivity contribution is -0.137. The molecule has 0 spiro atoms. The number of hydrogen-bond acceptors (Lipinski definition) is 3. The summed E-state index contributed by atoms with van der Waals surface area (Å²) >= 11 is 5.90. The predicted molar refractivity (Wildman–Crippen MR) is 109 cm³/mol. The van der Waals surface area contributed by atoms with Gasteiger partial charge in [-0.1, -0.05) is 18.2 Å². The van der Waals surface area contributed by atoms with Crippen molar-refractivity contribution in [3.63, 3.8) is 0 Å². The van der Waals surface area contributed by atoms with Crippen molar-refractivity contribution < 1.29 is 26.7 Å². The van der Waals surface area contributed by atoms with E-state index in [2.05, 4.69) is 17.2 Å². The minimum atomic E-state index is -4.58. The zero-order valence-corrected chi connectivity index (χ0v) is 17.3. The Morgan fingerprint density at radius 3 is 2.45 bits per heavy atom. The molecule has 4 N–H and O–H groups in total. The molecule has 0 radical (unpaired) electrons. The Labute approximate surface area is 182 Å². The summed E-state index contributed by atoms with van der Waals surface area (Å²) in [5, 5.41) is 5.38. The zero-order valence-electron chi connectivity index (χ0n) is 16.5. The second kappa shape index (κ2) is 10.7. The Bertz CT molecular complexity index is 874. The molecule has 1 aromatic rings. The van der Waals surface area contributed by atoms with Crippen molar-refractivity contribution in [2.24, 2.45) is 11.7 Å². The van der Waals surface area contributed by atoms with Crippen LogP contribution < -0.4 is 16.4 Å². The first-order valence-electron chi connectivity index (χ1n) is 9.57. The van der Waals surface area contributed by atoms with Crippen molar-refractivity contribution in [1.29, 1.82) is 0 Å². The van der Waals surface area contributed by atoms with Gasteiger partial charge in [-0.3, -0.25) is 4.79 Å². The number of nitrogens with one attached hydrogen (secondary N) is 2. The standard InChI is InChI=1S/C21H23ClF5N3O/c1-2-14(23)10-18(24)19(28)29-11-12-3-6-15(7-4-12)30-20(31)16-9-13(21(25,26)27)5-8-17(16)22/h2,5,8-10,12,15,29H,1,3-4,6-7,11,28H2,(H,30,31)/b14-10+,19-18-. The van der Waals surface area contributed by atoms with Crippen molar-refractivity contribution in [2.45, 2.75) is 37.9 Å². The van der Waals surface area contributed by atoms with Gasteiger partial charge in [-0.05, 0) is 55.9 Å². The second-order valence-electron chi connectivity index (χ2n) is 7.26. The largest absolute Gasteiger partial charge is 0.416 e. The highest BCUT2D eigenvalue weighted by molar-refractivity contribution is 6.33. The summed E-state index contributed by atoms with van der Waals surface area (Å²) in [5.74, 6) is -2.59. The Balaban J connectivity index is 1.88. The van der Waals surface area contributed by atoms with Crippen LogP contribution in [0.25, 0.3) is 0 Å². The van der Waals surface area contributed by atoms with Gasteiger partial charge in [-0.2, -0.15) is 13.2 Å². The number of rotatable bonds is 7. The summed E-state index contributed by atoms with van der Waals surface area (Å²) < 4.78 is 65.3. The van der Waals surface area contributed by atoms with E-state index in [4.69, 9.17) is 17.3 Å². The molecular weight excluding hydrogens is 441 g/mol. The number of carbonyl (C=O) groups is 1. The molecule has 0 atom stereocenters. The summed E-state index contributed by atoms with van der Waals surface area (Å²) in [5.41, 5.74) is 4.38. The van der Waals surface area contributed by atoms with Gasteiger partial charge in [0, 0.05) is 18.7 Å². The van der Waals surface area contributed by atoms with E-state index < -0.39 is 29.3 Å². The number of alkyl halides is 3. The molecule has 10 heteroatoms. The summed E-state index contributed by atoms with van der Waals surface area (Å²) in [6.45, 7) is 3.54. The predicted octanol–water partition coefficient (Wildman–Crippen LogP) is 5.37. The van der Waals surface area contributed by atoms with Crippen LogP contribution in [0.4, 0.5) is 22.0 Å². The molecule has 0 bridgehead atoms. The number of benzene rings is 1. The second-order valence-corrected chi connectivity index (χ2v) is 7.67. The average Bonchev–Trinajstić information content (AvgIpc) is 2.72. The molecule has 1 saturated carbocycles. The summed E-state index contributed by atoms with van der Waals surface area (Å²) in [4.78, 5) is 12.4. The first kappa shape index (κ1) is 24.7. The fourth-order valence-corrected chi connectivity index (χ4v) is 3.45. The smallest absolute Gasteiger partial charge is 0.383 e. The van der Waals surface area contributed by atoms with Crippen LogP contribution in [-0.4, -0.2) is 18.5 Å². The van der Waals surface area contributed by atoms with Crippen molar-refractivity contribution in [3.05, 3.63) is 70.6 Å². The van der Waals surface area contributed by atoms with Crippen LogP contribution in [0, 0.1) is 5.92 Å². The van der Waals surface area contributed by atoms with E-state index in [1.807, 2.05) is 0 Å². The van der Waals surface area contributed by atoms with E-state index in [9.17, 15) is 26.7 Å². The van der Waals surface area contributed by atoms with Crippen LogP contribution >= 0.6 is 11.6 Å². The molecule has 1 fully saturated rings. The third-order valence-electron chi connectivity index (χ3n) is 5.02. The highest BCUT2D eigenvalue weighted by Crippen LogP contribution is 2.32. The summed E-state index contributed by atoms with van der Waals surface area (Å²) in [6.07, 6.45) is -0.555. The highest BCUT2D eigenvalue weighted by atomic mass is 35.5. The van der Waals surface area contributed by atoms with Crippen LogP contribution in [0.5, 0.6) is 0 Å². The number of amides is 1. The van der Waals surface area contributed by atoms with Gasteiger partial charge < -0.3 is 16.4 Å². The van der Waals surface area contributed by atoms with E-state index in [1.165, 1.54) is 0 Å². The van der Waals surface area contributed by atoms with Gasteiger partial charge in [0.15, 0.2) is 5.83 Å². The molecule has 0 unspecified atom stereocenters. The molecule has 2 rings (SSSR count). The van der Waals surface area contributed by atoms with Crippen LogP contribution in [0.2, 0.25) is 5.02 Å². The molecule has 31 heavy (non-hydrogen) atoms. The van der Waals surface area contributed by atoms with E-state index in [-0.39, 0.29) is 28.4 Å². The monoisotopic (exact) mass is 463 g/mol. The average molecular weight is 464 g/mol. The first-order valence-corrected chi connectivity index (χ1v) is 9.95. The molecular formula is C21H23ClF5N3O. The summed E-state index contributed by atoms with van der Waals surface area (Å²) in [6, 6.07) is 2.39. The number of halogens is 6. The number of hydrogen-bond donors (Lipinski definition) is 3. The number of allylic oxidation sites excluding steroid dienone is 4. The Morgan fingerprint density at radius 2 is 1.87 bits per heavy atom. The molecule has 0 saturated heterocycles. The van der Waals surface area contributed by atoms with Crippen molar-refractivity contribution in [3.8, 4) is 0 Å². The molecule has 1 aliphatic carbocycles. The quantitative estimate of drug-likeness (QED) is 0.376. The maximum atomic E-state index is 13.7. The molecule has 1 aliphatic rings. The summed E-state index contributed by atoms with van der Waals surface area (Å²) in [7, 11) is 0. The zero-order chi connectivity index (χ0) is 23.2. The lowest BCUT2D eigenvalue weighted by atomic mass is 9.86. The molecule has 0 aromatic heterocycles. The van der Waals surface area contributed by atoms with Crippen LogP contribution in [0.15, 0.2) is 54.4 Å². The molecule has 4 nitrogen and oxygen atoms in total. The third-order valence-corrected chi connectivity index (χ3v) is 5.35. The fourth-order valence-electron chi connectivity index (χ4n) is 3.25. The lowest BCUT2D eigenvalue weighted by Crippen LogP contribution is -2.39. The third kappa shape index (κ3) is 7.27. The van der Waals surface area contributed by atoms with E-state index in [1.54, 1.807) is 0 Å². The Morgan fingerprint density at radius 1 is 1.23 bits per heavy atom. The van der Waals surface area contributed by atoms with Gasteiger partial charge >= 0.3 is 6.18 Å². The van der Waals surface area contributed by atoms with E-state index in [0.29, 0.717) is 38.3 Å². The van der Waals surface area contributed by atoms with Crippen molar-refractivity contribution in [1.82, 2.24) is 10.6 Å². The van der Waals surface area contributed by atoms with Gasteiger partial charge in [-0.25, -0.2) is 8.78 Å². The molecule has 0 aliphatic heterocycles. The van der Waals surface area contributed by atoms with Gasteiger partial charge in [0.2, 0.25) is 0 Å². The van der Waals surface area contributed by atoms with E-state index >= 15 is 0 Å². The number of nitrogens with two attached hydrogens (primary N) is 1. The SMILES string of the molecule is C=C/C(F)=C\C(F)=C(/N)NCC1CCC(NC(=O)c2cc(C(F)(F)F)ccc2Cl)CC1. The van der Waals surface area contributed by atoms with Gasteiger partial charge in [0.25, 0.3) is 5.91 Å². The van der Waals surface area contributed by atoms with Gasteiger partial charge in [0.05, 0.1) is 16.1 Å². The van der Waals surface area contributed by atoms with Crippen molar-refractivity contribution in [2.75, 3.05) is 6.54 Å². The molecule has 1 amide bonds. The number of carbonyl (C=O) groups excluding carboxylic acids is 1. The van der Waals surface area contributed by atoms with E-state index in [0.717, 1.165) is 24.3 Å². The normalized spacial score (nSPS) is 20.6. The minimum absolute atomic E-state index is 0.0605. The Hall–Kier alpha value is -2.55. The molecule has 170 valence electrons. The van der Waals surface area contributed by atoms with Crippen LogP contribution in [0.3, 0.4) is 0 Å². The van der Waals surface area contributed by atoms with Gasteiger partial charge in [0.1, 0.15) is 11.6 Å². The first-order chi connectivity index (χ1) is 14.5. The van der Waals surface area contributed by atoms with Crippen molar-refractivity contribution >= 4 is 17.5 Å². The minimum Gasteiger partial charge on any atom is -0.383 e.